The van der Waals surface area contributed by atoms with Gasteiger partial charge in [0.1, 0.15) is 35.4 Å². The molecule has 2 atom stereocenters. The number of carbonyl (C=O) groups excluding carboxylic acids is 5. The van der Waals surface area contributed by atoms with Crippen LogP contribution in [0.4, 0.5) is 4.79 Å². The molecule has 1 heterocycles. The summed E-state index contributed by atoms with van der Waals surface area (Å²) in [7, 11) is 0. The number of nitrogens with zero attached hydrogens (tertiary/aromatic N) is 1. The van der Waals surface area contributed by atoms with Gasteiger partial charge in [-0.25, -0.2) is 9.59 Å². The highest BCUT2D eigenvalue weighted by atomic mass is 16.6. The summed E-state index contributed by atoms with van der Waals surface area (Å²) in [4.78, 5) is 65.3. The number of rotatable bonds is 9. The third kappa shape index (κ3) is 9.26. The van der Waals surface area contributed by atoms with E-state index in [0.29, 0.717) is 19.4 Å². The van der Waals surface area contributed by atoms with E-state index in [2.05, 4.69) is 16.0 Å². The van der Waals surface area contributed by atoms with Crippen molar-refractivity contribution in [3.05, 3.63) is 35.9 Å². The number of hydrogen-bond acceptors (Lipinski definition) is 7. The lowest BCUT2D eigenvalue weighted by Gasteiger charge is -2.32. The van der Waals surface area contributed by atoms with Crippen molar-refractivity contribution >= 4 is 29.8 Å². The molecule has 1 aromatic carbocycles. The van der Waals surface area contributed by atoms with Crippen molar-refractivity contribution in [3.63, 3.8) is 0 Å². The second-order valence-electron chi connectivity index (χ2n) is 11.8. The fraction of sp³-hybridized carbons (Fsp3) is 0.607. The quantitative estimate of drug-likeness (QED) is 0.404. The Morgan fingerprint density at radius 3 is 2.15 bits per heavy atom. The van der Waals surface area contributed by atoms with E-state index in [1.807, 2.05) is 30.3 Å². The van der Waals surface area contributed by atoms with E-state index in [0.717, 1.165) is 5.56 Å². The molecule has 0 unspecified atom stereocenters. The molecule has 2 rings (SSSR count). The number of ether oxygens (including phenoxy) is 2. The van der Waals surface area contributed by atoms with Crippen molar-refractivity contribution in [2.75, 3.05) is 6.54 Å². The van der Waals surface area contributed by atoms with Crippen molar-refractivity contribution in [3.8, 4) is 0 Å². The van der Waals surface area contributed by atoms with E-state index >= 15 is 0 Å². The van der Waals surface area contributed by atoms with Crippen LogP contribution in [0.3, 0.4) is 0 Å². The van der Waals surface area contributed by atoms with E-state index in [-0.39, 0.29) is 6.61 Å². The van der Waals surface area contributed by atoms with Gasteiger partial charge in [0.05, 0.1) is 0 Å². The first-order valence-electron chi connectivity index (χ1n) is 13.1. The standard InChI is InChI=1S/C28H42N4O7/c1-18(21(33)30-28(7,8)24(36)38-17-19-13-10-9-11-14-19)29-23(35)27(5,6)31-22(34)20-15-12-16-32(20)25(37)39-26(2,3)4/h9-11,13-14,18,20H,12,15-17H2,1-8H3,(H,29,35)(H,30,33)(H,31,34)/t18-,20-/m0/s1. The average molecular weight is 547 g/mol. The summed E-state index contributed by atoms with van der Waals surface area (Å²) >= 11 is 0. The minimum Gasteiger partial charge on any atom is -0.459 e. The van der Waals surface area contributed by atoms with Crippen LogP contribution in [0, 0.1) is 0 Å². The molecule has 4 amide bonds. The molecule has 0 saturated carbocycles. The van der Waals surface area contributed by atoms with Gasteiger partial charge in [-0.05, 0) is 73.8 Å². The molecule has 0 aliphatic carbocycles. The third-order valence-electron chi connectivity index (χ3n) is 6.09. The topological polar surface area (TPSA) is 143 Å². The summed E-state index contributed by atoms with van der Waals surface area (Å²) in [5, 5.41) is 7.86. The molecule has 1 aliphatic heterocycles. The van der Waals surface area contributed by atoms with Gasteiger partial charge in [-0.15, -0.1) is 0 Å². The van der Waals surface area contributed by atoms with Crippen LogP contribution in [0.5, 0.6) is 0 Å². The molecule has 1 aromatic rings. The molecule has 11 nitrogen and oxygen atoms in total. The Bertz CT molecular complexity index is 1060. The maximum Gasteiger partial charge on any atom is 0.410 e. The van der Waals surface area contributed by atoms with Gasteiger partial charge < -0.3 is 25.4 Å². The predicted molar refractivity (Wildman–Crippen MR) is 144 cm³/mol. The number of carbonyl (C=O) groups is 5. The fourth-order valence-electron chi connectivity index (χ4n) is 3.84. The van der Waals surface area contributed by atoms with Crippen molar-refractivity contribution < 1.29 is 33.4 Å². The Hall–Kier alpha value is -3.63. The van der Waals surface area contributed by atoms with Crippen LogP contribution in [0.25, 0.3) is 0 Å². The van der Waals surface area contributed by atoms with Crippen LogP contribution in [0.15, 0.2) is 30.3 Å². The lowest BCUT2D eigenvalue weighted by atomic mass is 10.0. The van der Waals surface area contributed by atoms with E-state index in [1.165, 1.54) is 39.5 Å². The number of likely N-dealkylation sites (tertiary alicyclic amines) is 1. The SMILES string of the molecule is C[C@H](NC(=O)C(C)(C)NC(=O)[C@@H]1CCCN1C(=O)OC(C)(C)C)C(=O)NC(C)(C)C(=O)OCc1ccccc1. The zero-order valence-electron chi connectivity index (χ0n) is 24.2. The van der Waals surface area contributed by atoms with Crippen LogP contribution in [0.1, 0.15) is 73.8 Å². The van der Waals surface area contributed by atoms with E-state index in [4.69, 9.17) is 9.47 Å². The summed E-state index contributed by atoms with van der Waals surface area (Å²) < 4.78 is 10.7. The molecule has 1 saturated heterocycles. The minimum absolute atomic E-state index is 0.0610. The molecular weight excluding hydrogens is 504 g/mol. The lowest BCUT2D eigenvalue weighted by Crippen LogP contribution is -2.62. The summed E-state index contributed by atoms with van der Waals surface area (Å²) in [6.07, 6.45) is 0.486. The summed E-state index contributed by atoms with van der Waals surface area (Å²) in [5.74, 6) is -2.32. The third-order valence-corrected chi connectivity index (χ3v) is 6.09. The van der Waals surface area contributed by atoms with Crippen molar-refractivity contribution in [2.45, 2.75) is 104 Å². The maximum atomic E-state index is 13.0. The van der Waals surface area contributed by atoms with Crippen LogP contribution in [0.2, 0.25) is 0 Å². The monoisotopic (exact) mass is 546 g/mol. The predicted octanol–water partition coefficient (Wildman–Crippen LogP) is 2.42. The Labute approximate surface area is 230 Å². The first-order valence-corrected chi connectivity index (χ1v) is 13.1. The Morgan fingerprint density at radius 1 is 0.949 bits per heavy atom. The van der Waals surface area contributed by atoms with Crippen LogP contribution < -0.4 is 16.0 Å². The van der Waals surface area contributed by atoms with E-state index < -0.39 is 58.5 Å². The largest absolute Gasteiger partial charge is 0.459 e. The summed E-state index contributed by atoms with van der Waals surface area (Å²) in [6.45, 7) is 13.2. The molecule has 11 heteroatoms. The van der Waals surface area contributed by atoms with Crippen LogP contribution in [-0.2, 0) is 35.3 Å². The number of esters is 1. The van der Waals surface area contributed by atoms with E-state index in [9.17, 15) is 24.0 Å². The van der Waals surface area contributed by atoms with Crippen molar-refractivity contribution in [2.24, 2.45) is 0 Å². The highest BCUT2D eigenvalue weighted by Gasteiger charge is 2.41. The second kappa shape index (κ2) is 12.5. The average Bonchev–Trinajstić information content (AvgIpc) is 3.32. The van der Waals surface area contributed by atoms with Gasteiger partial charge in [-0.2, -0.15) is 0 Å². The molecule has 3 N–H and O–H groups in total. The van der Waals surface area contributed by atoms with Gasteiger partial charge >= 0.3 is 12.1 Å². The summed E-state index contributed by atoms with van der Waals surface area (Å²) in [5.41, 5.74) is -2.63. The van der Waals surface area contributed by atoms with Crippen molar-refractivity contribution in [1.82, 2.24) is 20.9 Å². The zero-order chi connectivity index (χ0) is 29.6. The minimum atomic E-state index is -1.39. The van der Waals surface area contributed by atoms with E-state index in [1.54, 1.807) is 20.8 Å². The molecular formula is C28H42N4O7. The number of benzene rings is 1. The zero-order valence-corrected chi connectivity index (χ0v) is 24.2. The molecule has 0 radical (unpaired) electrons. The lowest BCUT2D eigenvalue weighted by molar-refractivity contribution is -0.153. The summed E-state index contributed by atoms with van der Waals surface area (Å²) in [6, 6.07) is 7.36. The Balaban J connectivity index is 1.92. The van der Waals surface area contributed by atoms with Gasteiger partial charge in [0.25, 0.3) is 0 Å². The van der Waals surface area contributed by atoms with Crippen LogP contribution >= 0.6 is 0 Å². The second-order valence-corrected chi connectivity index (χ2v) is 11.8. The van der Waals surface area contributed by atoms with Crippen LogP contribution in [-0.4, -0.2) is 70.0 Å². The van der Waals surface area contributed by atoms with Gasteiger partial charge in [-0.1, -0.05) is 30.3 Å². The highest BCUT2D eigenvalue weighted by molar-refractivity contribution is 5.97. The van der Waals surface area contributed by atoms with Crippen molar-refractivity contribution in [1.29, 1.82) is 0 Å². The number of hydrogen-bond donors (Lipinski definition) is 3. The van der Waals surface area contributed by atoms with Gasteiger partial charge in [0.2, 0.25) is 17.7 Å². The first-order chi connectivity index (χ1) is 17.9. The number of nitrogens with one attached hydrogen (secondary N) is 3. The van der Waals surface area contributed by atoms with Gasteiger partial charge in [0.15, 0.2) is 0 Å². The molecule has 1 aliphatic rings. The smallest absolute Gasteiger partial charge is 0.410 e. The molecule has 39 heavy (non-hydrogen) atoms. The molecule has 0 bridgehead atoms. The fourth-order valence-corrected chi connectivity index (χ4v) is 3.84. The Kier molecular flexibility index (Phi) is 10.1. The molecule has 0 aromatic heterocycles. The maximum absolute atomic E-state index is 13.0. The highest BCUT2D eigenvalue weighted by Crippen LogP contribution is 2.22. The van der Waals surface area contributed by atoms with Gasteiger partial charge in [0, 0.05) is 6.54 Å². The number of amides is 4. The molecule has 0 spiro atoms. The van der Waals surface area contributed by atoms with Gasteiger partial charge in [-0.3, -0.25) is 19.3 Å². The first kappa shape index (κ1) is 31.6. The Morgan fingerprint density at radius 2 is 1.56 bits per heavy atom. The molecule has 1 fully saturated rings. The normalized spacial score (nSPS) is 16.6. The molecule has 216 valence electrons.